The van der Waals surface area contributed by atoms with Crippen LogP contribution < -0.4 is 5.48 Å². The Kier molecular flexibility index (Phi) is 11.5. The van der Waals surface area contributed by atoms with E-state index < -0.39 is 11.0 Å². The molecule has 3 fully saturated rings. The van der Waals surface area contributed by atoms with E-state index in [1.54, 1.807) is 11.3 Å². The molecule has 1 atom stereocenters. The molecule has 9 heteroatoms. The third-order valence-corrected chi connectivity index (χ3v) is 15.4. The maximum Gasteiger partial charge on any atom is 0.233 e. The normalized spacial score (nSPS) is 18.9. The van der Waals surface area contributed by atoms with Gasteiger partial charge in [0.15, 0.2) is 5.60 Å². The Morgan fingerprint density at radius 3 is 1.95 bits per heavy atom. The Bertz CT molecular complexity index is 2630. The zero-order valence-corrected chi connectivity index (χ0v) is 38.2. The molecule has 0 radical (unpaired) electrons. The highest BCUT2D eigenvalue weighted by Crippen LogP contribution is 2.45. The summed E-state index contributed by atoms with van der Waals surface area (Å²) in [7, 11) is 0. The summed E-state index contributed by atoms with van der Waals surface area (Å²) in [6, 6.07) is 45.5. The van der Waals surface area contributed by atoms with Crippen LogP contribution in [0.4, 0.5) is 0 Å². The van der Waals surface area contributed by atoms with E-state index in [0.29, 0.717) is 36.9 Å². The number of carbonyl (C=O) groups excluding carboxylic acids is 1. The lowest BCUT2D eigenvalue weighted by atomic mass is 9.80. The summed E-state index contributed by atoms with van der Waals surface area (Å²) in [5.41, 5.74) is 12.2. The first-order chi connectivity index (χ1) is 31.2. The number of guanidine groups is 1. The number of rotatable bonds is 12. The lowest BCUT2D eigenvalue weighted by Crippen LogP contribution is -2.46. The lowest BCUT2D eigenvalue weighted by Gasteiger charge is -2.36. The van der Waals surface area contributed by atoms with Crippen molar-refractivity contribution in [3.05, 3.63) is 184 Å². The van der Waals surface area contributed by atoms with Gasteiger partial charge in [-0.1, -0.05) is 108 Å². The molecule has 3 aliphatic heterocycles. The molecule has 0 aliphatic carbocycles. The van der Waals surface area contributed by atoms with Crippen molar-refractivity contribution in [2.75, 3.05) is 19.6 Å². The van der Waals surface area contributed by atoms with E-state index in [4.69, 9.17) is 9.83 Å². The second-order valence-corrected chi connectivity index (χ2v) is 19.7. The summed E-state index contributed by atoms with van der Waals surface area (Å²) in [4.78, 5) is 42.0. The van der Waals surface area contributed by atoms with Crippen molar-refractivity contribution >= 4 is 33.4 Å². The fourth-order valence-electron chi connectivity index (χ4n) is 10.8. The number of hydrogen-bond acceptors (Lipinski definition) is 5. The fraction of sp³-hybridized carbons (Fsp3) is 0.327. The van der Waals surface area contributed by atoms with Crippen LogP contribution in [0.2, 0.25) is 0 Å². The zero-order chi connectivity index (χ0) is 43.8. The van der Waals surface area contributed by atoms with Crippen molar-refractivity contribution in [3.63, 3.8) is 0 Å². The number of thiophene rings is 1. The number of H-pyrrole nitrogens is 1. The van der Waals surface area contributed by atoms with Crippen LogP contribution in [0.15, 0.2) is 145 Å². The molecule has 8 nitrogen and oxygen atoms in total. The van der Waals surface area contributed by atoms with Crippen molar-refractivity contribution in [3.8, 4) is 11.3 Å². The van der Waals surface area contributed by atoms with E-state index in [2.05, 4.69) is 162 Å². The number of amides is 1. The second kappa shape index (κ2) is 17.5. The van der Waals surface area contributed by atoms with Gasteiger partial charge in [-0.05, 0) is 130 Å². The predicted molar refractivity (Wildman–Crippen MR) is 260 cm³/mol. The molecule has 7 aromatic rings. The third kappa shape index (κ3) is 7.83. The van der Waals surface area contributed by atoms with Gasteiger partial charge in [-0.15, -0.1) is 11.3 Å². The molecular weight excluding hydrogens is 809 g/mol. The van der Waals surface area contributed by atoms with Gasteiger partial charge in [0, 0.05) is 60.3 Å². The Morgan fingerprint density at radius 2 is 1.38 bits per heavy atom. The van der Waals surface area contributed by atoms with Gasteiger partial charge in [0.2, 0.25) is 11.9 Å². The topological polar surface area (TPSA) is 85.8 Å². The molecule has 6 heterocycles. The molecule has 1 unspecified atom stereocenters. The van der Waals surface area contributed by atoms with Gasteiger partial charge in [-0.2, -0.15) is 0 Å². The number of aromatic amines is 1. The van der Waals surface area contributed by atoms with E-state index >= 15 is 0 Å². The maximum atomic E-state index is 14.3. The quantitative estimate of drug-likeness (QED) is 0.0553. The first-order valence-electron chi connectivity index (χ1n) is 23.1. The van der Waals surface area contributed by atoms with Crippen molar-refractivity contribution in [1.29, 1.82) is 0 Å². The van der Waals surface area contributed by atoms with E-state index in [1.807, 2.05) is 30.6 Å². The van der Waals surface area contributed by atoms with Crippen LogP contribution in [0.3, 0.4) is 0 Å². The minimum Gasteiger partial charge on any atom is -0.346 e. The first kappa shape index (κ1) is 42.0. The number of nitrogens with one attached hydrogen (secondary N) is 2. The fourth-order valence-corrected chi connectivity index (χ4v) is 12.0. The summed E-state index contributed by atoms with van der Waals surface area (Å²) in [6.45, 7) is 10.7. The molecule has 1 amide bonds. The second-order valence-electron chi connectivity index (χ2n) is 18.7. The summed E-state index contributed by atoms with van der Waals surface area (Å²) < 4.78 is 0. The van der Waals surface area contributed by atoms with Crippen LogP contribution in [-0.4, -0.2) is 63.4 Å². The van der Waals surface area contributed by atoms with E-state index in [9.17, 15) is 4.79 Å². The number of pyridine rings is 1. The zero-order valence-electron chi connectivity index (χ0n) is 37.4. The molecule has 4 aromatic carbocycles. The van der Waals surface area contributed by atoms with E-state index in [1.165, 1.54) is 33.2 Å². The smallest absolute Gasteiger partial charge is 0.233 e. The summed E-state index contributed by atoms with van der Waals surface area (Å²) >= 11 is 1.73. The number of carbonyl (C=O) groups is 1. The number of nitrogens with zero attached hydrogens (tertiary/aromatic N) is 4. The van der Waals surface area contributed by atoms with Crippen LogP contribution >= 0.6 is 11.3 Å². The van der Waals surface area contributed by atoms with Crippen molar-refractivity contribution in [2.24, 2.45) is 4.99 Å². The Hall–Kier alpha value is -6.03. The van der Waals surface area contributed by atoms with Crippen molar-refractivity contribution in [1.82, 2.24) is 25.2 Å². The van der Waals surface area contributed by atoms with Gasteiger partial charge >= 0.3 is 0 Å². The van der Waals surface area contributed by atoms with E-state index in [0.717, 1.165) is 77.3 Å². The largest absolute Gasteiger partial charge is 0.346 e. The molecule has 0 saturated carbocycles. The highest BCUT2D eigenvalue weighted by atomic mass is 32.1. The van der Waals surface area contributed by atoms with Gasteiger partial charge < -0.3 is 14.8 Å². The molecule has 326 valence electrons. The van der Waals surface area contributed by atoms with Gasteiger partial charge in [-0.25, -0.2) is 5.48 Å². The highest BCUT2D eigenvalue weighted by Gasteiger charge is 2.47. The monoisotopic (exact) mass is 866 g/mol. The molecule has 3 saturated heterocycles. The minimum absolute atomic E-state index is 0.270. The van der Waals surface area contributed by atoms with Crippen LogP contribution in [-0.2, 0) is 27.1 Å². The average Bonchev–Trinajstić information content (AvgIpc) is 4.18. The maximum absolute atomic E-state index is 14.3. The van der Waals surface area contributed by atoms with Crippen molar-refractivity contribution < 1.29 is 9.63 Å². The molecule has 3 aliphatic rings. The summed E-state index contributed by atoms with van der Waals surface area (Å²) in [5, 5.41) is 1.18. The number of benzene rings is 4. The number of aromatic nitrogens is 2. The number of likely N-dealkylation sites (tertiary alicyclic amines) is 1. The van der Waals surface area contributed by atoms with Gasteiger partial charge in [0.1, 0.15) is 4.83 Å². The highest BCUT2D eigenvalue weighted by molar-refractivity contribution is 7.19. The van der Waals surface area contributed by atoms with Crippen LogP contribution in [0.1, 0.15) is 95.7 Å². The van der Waals surface area contributed by atoms with Gasteiger partial charge in [0.05, 0.1) is 11.1 Å². The summed E-state index contributed by atoms with van der Waals surface area (Å²) in [6.07, 6.45) is 10.00. The molecule has 2 N–H and O–H groups in total. The van der Waals surface area contributed by atoms with Crippen LogP contribution in [0, 0.1) is 13.8 Å². The Balaban J connectivity index is 1.02. The number of aryl methyl sites for hydroxylation is 2. The number of hydroxylamine groups is 1. The Morgan fingerprint density at radius 1 is 0.797 bits per heavy atom. The first-order valence-corrected chi connectivity index (χ1v) is 23.9. The van der Waals surface area contributed by atoms with Crippen LogP contribution in [0.25, 0.3) is 21.5 Å². The Labute approximate surface area is 381 Å². The minimum atomic E-state index is -0.982. The molecule has 2 bridgehead atoms. The molecule has 10 rings (SSSR count). The number of fused-ring (bicyclic) bond motifs is 3. The average molecular weight is 867 g/mol. The van der Waals surface area contributed by atoms with Gasteiger partial charge in [0.25, 0.3) is 0 Å². The number of aliphatic imine (C=N–C) groups is 1. The van der Waals surface area contributed by atoms with Gasteiger partial charge in [-0.3, -0.25) is 19.6 Å². The standard InChI is InChI=1S/C55H58N6O2S/c1-37-32-38(2)34-41(33-37)50-47(48-35-49(64-51(48)58-50)54(3,4)52(62)61-45-20-21-46(61)23-22-45)26-30-57-53(60-31-27-40(36-60)39-24-28-56-29-25-39)59-63-55(42-14-8-5-9-15-42,43-16-10-6-11-17-43)44-18-12-7-13-19-44/h5-19,24-25,28-29,32-35,40,45-46,58H,20-23,26-27,30-31,36H2,1-4H3,(H,57,59). The lowest BCUT2D eigenvalue weighted by molar-refractivity contribution is -0.137. The molecule has 64 heavy (non-hydrogen) atoms. The SMILES string of the molecule is Cc1cc(C)cc(-c2[nH]c3sc(C(C)(C)C(=O)N4C5CCC4CC5)cc3c2CCN=C(NOC(c2ccccc2)(c2ccccc2)c2ccccc2)N2CCC(c3ccncc3)C2)c1. The van der Waals surface area contributed by atoms with E-state index in [-0.39, 0.29) is 5.91 Å². The molecular formula is C55H58N6O2S. The third-order valence-electron chi connectivity index (χ3n) is 14.1. The van der Waals surface area contributed by atoms with Crippen molar-refractivity contribution in [2.45, 2.75) is 95.2 Å². The molecule has 3 aromatic heterocycles. The van der Waals surface area contributed by atoms with Crippen LogP contribution in [0.5, 0.6) is 0 Å². The number of hydrogen-bond donors (Lipinski definition) is 2. The summed E-state index contributed by atoms with van der Waals surface area (Å²) in [5.74, 6) is 1.32. The molecule has 0 spiro atoms. The predicted octanol–water partition coefficient (Wildman–Crippen LogP) is 11.2.